The number of imidazole rings is 2. The molecule has 8 rings (SSSR count). The lowest BCUT2D eigenvalue weighted by Crippen LogP contribution is -2.03. The molecule has 12 heteroatoms. The third-order valence-electron chi connectivity index (χ3n) is 9.42. The van der Waals surface area contributed by atoms with Crippen molar-refractivity contribution in [3.05, 3.63) is 135 Å². The molecule has 54 heavy (non-hydrogen) atoms. The van der Waals surface area contributed by atoms with E-state index >= 15 is 0 Å². The third kappa shape index (κ3) is 7.40. The van der Waals surface area contributed by atoms with Gasteiger partial charge >= 0.3 is 0 Å². The van der Waals surface area contributed by atoms with Gasteiger partial charge in [-0.05, 0) is 104 Å². The Morgan fingerprint density at radius 1 is 0.630 bits per heavy atom. The van der Waals surface area contributed by atoms with Crippen molar-refractivity contribution in [3.8, 4) is 22.3 Å². The van der Waals surface area contributed by atoms with Crippen LogP contribution >= 0.6 is 15.9 Å². The Morgan fingerprint density at radius 3 is 1.48 bits per heavy atom. The summed E-state index contributed by atoms with van der Waals surface area (Å²) in [7, 11) is -3.47. The predicted molar refractivity (Wildman–Crippen MR) is 218 cm³/mol. The molecule has 0 amide bonds. The van der Waals surface area contributed by atoms with E-state index < -0.39 is 9.84 Å². The van der Waals surface area contributed by atoms with E-state index in [2.05, 4.69) is 72.2 Å². The zero-order chi connectivity index (χ0) is 37.6. The van der Waals surface area contributed by atoms with Crippen molar-refractivity contribution in [2.75, 3.05) is 6.26 Å². The minimum atomic E-state index is -3.47. The number of hydrogen-bond acceptors (Lipinski definition) is 8. The topological polar surface area (TPSA) is 122 Å². The average Bonchev–Trinajstić information content (AvgIpc) is 3.84. The van der Waals surface area contributed by atoms with Crippen molar-refractivity contribution in [2.45, 2.75) is 67.0 Å². The molecule has 0 saturated heterocycles. The smallest absolute Gasteiger partial charge is 0.177 e. The lowest BCUT2D eigenvalue weighted by Gasteiger charge is -2.10. The first-order valence-corrected chi connectivity index (χ1v) is 19.8. The summed E-state index contributed by atoms with van der Waals surface area (Å²) in [6, 6.07) is 28.4. The molecule has 0 aliphatic heterocycles. The number of aromatic nitrogens is 6. The highest BCUT2D eigenvalue weighted by Crippen LogP contribution is 2.36. The maximum Gasteiger partial charge on any atom is 0.177 e. The van der Waals surface area contributed by atoms with Gasteiger partial charge in [0.1, 0.15) is 34.2 Å². The normalized spacial score (nSPS) is 11.5. The molecule has 278 valence electrons. The van der Waals surface area contributed by atoms with Crippen LogP contribution in [0.4, 0.5) is 0 Å². The van der Waals surface area contributed by atoms with Crippen LogP contribution in [0.15, 0.2) is 103 Å². The van der Waals surface area contributed by atoms with Crippen LogP contribution in [0.5, 0.6) is 0 Å². The fraction of sp³-hybridized carbons (Fsp3) is 0.238. The Hall–Kier alpha value is -5.33. The molecular weight excluding hydrogens is 764 g/mol. The van der Waals surface area contributed by atoms with Crippen LogP contribution in [0.3, 0.4) is 0 Å². The van der Waals surface area contributed by atoms with Crippen LogP contribution in [0.1, 0.15) is 53.1 Å². The number of halogens is 1. The van der Waals surface area contributed by atoms with E-state index in [4.69, 9.17) is 14.0 Å². The fourth-order valence-electron chi connectivity index (χ4n) is 6.90. The zero-order valence-electron chi connectivity index (χ0n) is 30.6. The molecule has 0 radical (unpaired) electrons. The number of aryl methyl sites for hydroxylation is 6. The van der Waals surface area contributed by atoms with Gasteiger partial charge in [0, 0.05) is 34.9 Å². The van der Waals surface area contributed by atoms with Gasteiger partial charge in [0.05, 0.1) is 27.3 Å². The summed E-state index contributed by atoms with van der Waals surface area (Å²) in [6.07, 6.45) is 1.21. The van der Waals surface area contributed by atoms with Crippen LogP contribution in [0.25, 0.3) is 44.3 Å². The first kappa shape index (κ1) is 38.4. The minimum Gasteiger partial charge on any atom is -0.361 e. The van der Waals surface area contributed by atoms with Gasteiger partial charge in [-0.2, -0.15) is 0 Å². The number of rotatable bonds is 7. The molecule has 8 aromatic rings. The largest absolute Gasteiger partial charge is 0.361 e. The first-order valence-electron chi connectivity index (χ1n) is 17.1. The summed E-state index contributed by atoms with van der Waals surface area (Å²) in [4.78, 5) is 9.56. The number of benzene rings is 4. The Balaban J connectivity index is 0.000000182. The average molecular weight is 808 g/mol. The molecule has 0 atom stereocenters. The Labute approximate surface area is 323 Å². The van der Waals surface area contributed by atoms with Crippen molar-refractivity contribution >= 4 is 47.8 Å². The molecule has 4 aromatic carbocycles. The van der Waals surface area contributed by atoms with Crippen LogP contribution in [-0.4, -0.2) is 44.1 Å². The van der Waals surface area contributed by atoms with E-state index in [9.17, 15) is 8.42 Å². The molecule has 0 bridgehead atoms. The van der Waals surface area contributed by atoms with E-state index in [0.29, 0.717) is 17.8 Å². The molecular formula is C42H43BrN6O4S. The van der Waals surface area contributed by atoms with Crippen molar-refractivity contribution in [2.24, 2.45) is 0 Å². The van der Waals surface area contributed by atoms with Gasteiger partial charge in [0.2, 0.25) is 0 Å². The van der Waals surface area contributed by atoms with Gasteiger partial charge in [-0.1, -0.05) is 78.4 Å². The van der Waals surface area contributed by atoms with E-state index in [-0.39, 0.29) is 12.3 Å². The second kappa shape index (κ2) is 15.2. The van der Waals surface area contributed by atoms with E-state index in [1.807, 2.05) is 88.6 Å². The summed E-state index contributed by atoms with van der Waals surface area (Å²) in [5, 5.41) is 8.10. The molecule has 0 N–H and O–H groups in total. The lowest BCUT2D eigenvalue weighted by molar-refractivity contribution is 0.393. The highest BCUT2D eigenvalue weighted by molar-refractivity contribution is 9.10. The molecule has 0 aliphatic carbocycles. The van der Waals surface area contributed by atoms with Gasteiger partial charge in [-0.3, -0.25) is 0 Å². The van der Waals surface area contributed by atoms with Gasteiger partial charge < -0.3 is 18.2 Å². The third-order valence-corrected chi connectivity index (χ3v) is 11.1. The van der Waals surface area contributed by atoms with Crippen LogP contribution < -0.4 is 0 Å². The number of fused-ring (bicyclic) bond motifs is 2. The summed E-state index contributed by atoms with van der Waals surface area (Å²) >= 11 is 3.69. The van der Waals surface area contributed by atoms with E-state index in [1.54, 1.807) is 6.07 Å². The van der Waals surface area contributed by atoms with Crippen molar-refractivity contribution in [1.29, 1.82) is 0 Å². The molecule has 4 aromatic heterocycles. The quantitative estimate of drug-likeness (QED) is 0.156. The van der Waals surface area contributed by atoms with Gasteiger partial charge in [0.15, 0.2) is 9.84 Å². The summed E-state index contributed by atoms with van der Waals surface area (Å²) in [6.45, 7) is 12.9. The number of nitrogens with zero attached hydrogens (tertiary/aromatic N) is 6. The van der Waals surface area contributed by atoms with Crippen molar-refractivity contribution < 1.29 is 17.5 Å². The molecule has 0 saturated carbocycles. The molecule has 0 unspecified atom stereocenters. The van der Waals surface area contributed by atoms with Crippen molar-refractivity contribution in [3.63, 3.8) is 0 Å². The SMILES string of the molecule is C.Cc1noc(C)c1-c1cc(Br)c2nc(C)n(Cc3ccccc3)c2c1.Cc1noc(C)c1-c1cc(S(C)(=O)=O)c2nc(C)n(Cc3ccccc3)c2c1. The Kier molecular flexibility index (Phi) is 10.8. The zero-order valence-corrected chi connectivity index (χ0v) is 33.0. The summed E-state index contributed by atoms with van der Waals surface area (Å²) in [5.41, 5.74) is 11.1. The second-order valence-corrected chi connectivity index (χ2v) is 16.1. The molecule has 4 heterocycles. The van der Waals surface area contributed by atoms with E-state index in [0.717, 1.165) is 84.2 Å². The fourth-order valence-corrected chi connectivity index (χ4v) is 8.28. The monoisotopic (exact) mass is 806 g/mol. The van der Waals surface area contributed by atoms with Gasteiger partial charge in [0.25, 0.3) is 0 Å². The number of sulfone groups is 1. The van der Waals surface area contributed by atoms with Gasteiger partial charge in [-0.25, -0.2) is 18.4 Å². The minimum absolute atomic E-state index is 0. The number of hydrogen-bond donors (Lipinski definition) is 0. The van der Waals surface area contributed by atoms with Crippen LogP contribution in [0, 0.1) is 41.5 Å². The van der Waals surface area contributed by atoms with Gasteiger partial charge in [-0.15, -0.1) is 0 Å². The maximum atomic E-state index is 12.5. The first-order chi connectivity index (χ1) is 25.3. The summed E-state index contributed by atoms with van der Waals surface area (Å²) < 4.78 is 41.0. The van der Waals surface area contributed by atoms with Crippen LogP contribution in [-0.2, 0) is 22.9 Å². The maximum absolute atomic E-state index is 12.5. The lowest BCUT2D eigenvalue weighted by atomic mass is 10.0. The molecule has 0 fully saturated rings. The predicted octanol–water partition coefficient (Wildman–Crippen LogP) is 10.1. The Bertz CT molecular complexity index is 2690. The highest BCUT2D eigenvalue weighted by Gasteiger charge is 2.23. The van der Waals surface area contributed by atoms with Crippen LogP contribution in [0.2, 0.25) is 0 Å². The molecule has 10 nitrogen and oxygen atoms in total. The highest BCUT2D eigenvalue weighted by atomic mass is 79.9. The molecule has 0 spiro atoms. The Morgan fingerprint density at radius 2 is 1.06 bits per heavy atom. The second-order valence-electron chi connectivity index (χ2n) is 13.3. The van der Waals surface area contributed by atoms with Crippen molar-refractivity contribution in [1.82, 2.24) is 29.4 Å². The summed E-state index contributed by atoms with van der Waals surface area (Å²) in [5.74, 6) is 3.24. The standard InChI is InChI=1S/C21H21N3O3S.C20H18BrN3O.CH4/c1-13-20(14(2)27-23-13)17-10-18-21(19(11-17)28(4,25)26)22-15(3)24(18)12-16-8-6-5-7-9-16;1-12-19(13(2)25-23-12)16-9-17(21)20-18(10-16)24(14(3)22-20)11-15-7-5-4-6-8-15;/h5-11H,12H2,1-4H3;4-10H,11H2,1-3H3;1H4. The van der Waals surface area contributed by atoms with E-state index in [1.165, 1.54) is 11.8 Å². The molecule has 0 aliphatic rings.